The van der Waals surface area contributed by atoms with E-state index in [-0.39, 0.29) is 34.2 Å². The van der Waals surface area contributed by atoms with Crippen LogP contribution in [0.4, 0.5) is 0 Å². The lowest BCUT2D eigenvalue weighted by molar-refractivity contribution is -0.156. The number of carbonyl (C=O) groups excluding carboxylic acids is 4. The van der Waals surface area contributed by atoms with E-state index in [0.29, 0.717) is 0 Å². The van der Waals surface area contributed by atoms with E-state index in [1.54, 1.807) is 0 Å². The van der Waals surface area contributed by atoms with Gasteiger partial charge in [0.05, 0.1) is 39.8 Å². The van der Waals surface area contributed by atoms with Gasteiger partial charge < -0.3 is 18.9 Å². The lowest BCUT2D eigenvalue weighted by Gasteiger charge is -2.37. The van der Waals surface area contributed by atoms with Crippen LogP contribution in [0.1, 0.15) is 0 Å². The largest absolute Gasteiger partial charge is 0.468 e. The molecule has 0 aliphatic carbocycles. The first-order valence-electron chi connectivity index (χ1n) is 8.91. The summed E-state index contributed by atoms with van der Waals surface area (Å²) in [6, 6.07) is 1.86. The van der Waals surface area contributed by atoms with E-state index in [1.807, 2.05) is 6.07 Å². The van der Waals surface area contributed by atoms with E-state index in [4.69, 9.17) is 9.47 Å². The minimum atomic E-state index is -1.69. The van der Waals surface area contributed by atoms with Crippen molar-refractivity contribution < 1.29 is 38.1 Å². The molecule has 164 valence electrons. The third kappa shape index (κ3) is 3.35. The summed E-state index contributed by atoms with van der Waals surface area (Å²) < 4.78 is 18.9. The number of methoxy groups -OCH3 is 4. The first kappa shape index (κ1) is 22.2. The highest BCUT2D eigenvalue weighted by molar-refractivity contribution is 6.24. The summed E-state index contributed by atoms with van der Waals surface area (Å²) in [6.45, 7) is 0. The number of aliphatic imine (C=N–C) groups is 2. The number of nitrogens with zero attached hydrogens (tertiary/aromatic N) is 4. The normalized spacial score (nSPS) is 16.4. The maximum Gasteiger partial charge on any atom is 0.357 e. The minimum Gasteiger partial charge on any atom is -0.468 e. The predicted octanol–water partition coefficient (Wildman–Crippen LogP) is -0.0937. The van der Waals surface area contributed by atoms with Crippen molar-refractivity contribution in [3.63, 3.8) is 0 Å². The number of rotatable bonds is 5. The molecule has 0 aromatic carbocycles. The number of hydrogen-bond donors (Lipinski definition) is 0. The molecule has 0 radical (unpaired) electrons. The topological polar surface area (TPSA) is 157 Å². The van der Waals surface area contributed by atoms with Gasteiger partial charge in [0.2, 0.25) is 0 Å². The molecule has 12 nitrogen and oxygen atoms in total. The third-order valence-corrected chi connectivity index (χ3v) is 4.63. The van der Waals surface area contributed by atoms with Crippen LogP contribution in [0.15, 0.2) is 56.5 Å². The molecular formula is C20H16N4O8. The zero-order valence-electron chi connectivity index (χ0n) is 17.4. The molecular weight excluding hydrogens is 424 g/mol. The highest BCUT2D eigenvalue weighted by atomic mass is 16.5. The van der Waals surface area contributed by atoms with Crippen LogP contribution < -0.4 is 0 Å². The minimum absolute atomic E-state index is 0.123. The van der Waals surface area contributed by atoms with Crippen molar-refractivity contribution in [2.45, 2.75) is 0 Å². The maximum absolute atomic E-state index is 12.5. The van der Waals surface area contributed by atoms with Gasteiger partial charge in [0, 0.05) is 0 Å². The molecule has 0 bridgehead atoms. The average Bonchev–Trinajstić information content (AvgIpc) is 2.82. The van der Waals surface area contributed by atoms with Gasteiger partial charge in [0.15, 0.2) is 17.5 Å². The summed E-state index contributed by atoms with van der Waals surface area (Å²) in [6.07, 6.45) is 4.50. The maximum atomic E-state index is 12.5. The molecule has 0 fully saturated rings. The molecule has 0 N–H and O–H groups in total. The first-order chi connectivity index (χ1) is 15.3. The van der Waals surface area contributed by atoms with Crippen molar-refractivity contribution in [3.8, 4) is 6.07 Å². The Morgan fingerprint density at radius 1 is 0.969 bits per heavy atom. The molecule has 0 amide bonds. The van der Waals surface area contributed by atoms with E-state index in [0.717, 1.165) is 28.4 Å². The van der Waals surface area contributed by atoms with E-state index >= 15 is 0 Å². The quantitative estimate of drug-likeness (QED) is 0.321. The van der Waals surface area contributed by atoms with Gasteiger partial charge in [-0.25, -0.2) is 19.6 Å². The SMILES string of the molecule is COC(=O)C1=C(C(=O)OC)C2=CC=CC3=NC(C(C(=O)OC)C(=O)OC)=C(C#N)C(=N1)N23. The Hall–Kier alpha value is -4.53. The van der Waals surface area contributed by atoms with Gasteiger partial charge in [-0.2, -0.15) is 5.26 Å². The molecule has 12 heteroatoms. The number of allylic oxidation sites excluding steroid dienone is 2. The van der Waals surface area contributed by atoms with Gasteiger partial charge in [-0.05, 0) is 12.2 Å². The number of esters is 4. The van der Waals surface area contributed by atoms with Crippen LogP contribution in [0.3, 0.4) is 0 Å². The molecule has 0 spiro atoms. The summed E-state index contributed by atoms with van der Waals surface area (Å²) >= 11 is 0. The molecule has 3 aliphatic rings. The van der Waals surface area contributed by atoms with Crippen molar-refractivity contribution >= 4 is 35.5 Å². The van der Waals surface area contributed by atoms with Crippen LogP contribution in [0.25, 0.3) is 0 Å². The van der Waals surface area contributed by atoms with Crippen molar-refractivity contribution in [3.05, 3.63) is 46.5 Å². The first-order valence-corrected chi connectivity index (χ1v) is 8.91. The summed E-state index contributed by atoms with van der Waals surface area (Å²) in [5.74, 6) is -5.57. The van der Waals surface area contributed by atoms with Gasteiger partial charge >= 0.3 is 23.9 Å². The van der Waals surface area contributed by atoms with Gasteiger partial charge in [-0.3, -0.25) is 14.5 Å². The molecule has 0 saturated heterocycles. The summed E-state index contributed by atoms with van der Waals surface area (Å²) in [7, 11) is 4.35. The molecule has 3 heterocycles. The molecule has 32 heavy (non-hydrogen) atoms. The molecule has 0 saturated carbocycles. The number of carbonyl (C=O) groups is 4. The molecule has 0 aromatic rings. The summed E-state index contributed by atoms with van der Waals surface area (Å²) in [5, 5.41) is 9.87. The molecule has 3 rings (SSSR count). The molecule has 0 aromatic heterocycles. The number of hydrogen-bond acceptors (Lipinski definition) is 12. The standard InChI is InChI=1S/C20H16N4O8/c1-29-17(25)12-10-6-5-7-11-22-14(13(18(26)30-2)19(27)31-3)9(8-21)16(24(10)11)23-15(12)20(28)32-4/h5-7,13H,1-4H3. The number of ether oxygens (including phenoxy) is 4. The molecule has 0 atom stereocenters. The van der Waals surface area contributed by atoms with E-state index in [9.17, 15) is 24.4 Å². The Morgan fingerprint density at radius 3 is 2.12 bits per heavy atom. The van der Waals surface area contributed by atoms with Gasteiger partial charge in [0.25, 0.3) is 0 Å². The fourth-order valence-corrected chi connectivity index (χ4v) is 3.22. The van der Waals surface area contributed by atoms with E-state index in [2.05, 4.69) is 19.5 Å². The van der Waals surface area contributed by atoms with Crippen molar-refractivity contribution in [1.82, 2.24) is 4.90 Å². The fraction of sp³-hybridized carbons (Fsp3) is 0.250. The van der Waals surface area contributed by atoms with Crippen molar-refractivity contribution in [2.24, 2.45) is 15.9 Å². The Kier molecular flexibility index (Phi) is 6.01. The van der Waals surface area contributed by atoms with Gasteiger partial charge in [0.1, 0.15) is 23.1 Å². The highest BCUT2D eigenvalue weighted by Crippen LogP contribution is 2.37. The Balaban J connectivity index is 2.38. The fourth-order valence-electron chi connectivity index (χ4n) is 3.22. The van der Waals surface area contributed by atoms with Gasteiger partial charge in [-0.15, -0.1) is 0 Å². The van der Waals surface area contributed by atoms with Crippen LogP contribution >= 0.6 is 0 Å². The molecule has 0 unspecified atom stereocenters. The predicted molar refractivity (Wildman–Crippen MR) is 105 cm³/mol. The van der Waals surface area contributed by atoms with Crippen molar-refractivity contribution in [2.75, 3.05) is 28.4 Å². The summed E-state index contributed by atoms with van der Waals surface area (Å²) in [4.78, 5) is 59.3. The Morgan fingerprint density at radius 2 is 1.59 bits per heavy atom. The number of amidine groups is 2. The number of nitriles is 1. The zero-order valence-corrected chi connectivity index (χ0v) is 17.4. The second-order valence-corrected chi connectivity index (χ2v) is 6.21. The lowest BCUT2D eigenvalue weighted by atomic mass is 9.94. The average molecular weight is 440 g/mol. The zero-order chi connectivity index (χ0) is 23.6. The van der Waals surface area contributed by atoms with Crippen LogP contribution in [0, 0.1) is 17.2 Å². The van der Waals surface area contributed by atoms with Crippen LogP contribution in [0.5, 0.6) is 0 Å². The Labute approximate surface area is 181 Å². The monoisotopic (exact) mass is 440 g/mol. The molecule has 3 aliphatic heterocycles. The van der Waals surface area contributed by atoms with Gasteiger partial charge in [-0.1, -0.05) is 6.08 Å². The van der Waals surface area contributed by atoms with Crippen molar-refractivity contribution in [1.29, 1.82) is 5.26 Å². The third-order valence-electron chi connectivity index (χ3n) is 4.63. The summed E-state index contributed by atoms with van der Waals surface area (Å²) in [5.41, 5.74) is -1.08. The second-order valence-electron chi connectivity index (χ2n) is 6.21. The second kappa shape index (κ2) is 8.68. The van der Waals surface area contributed by atoms with Crippen LogP contribution in [-0.4, -0.2) is 68.9 Å². The highest BCUT2D eigenvalue weighted by Gasteiger charge is 2.45. The lowest BCUT2D eigenvalue weighted by Crippen LogP contribution is -2.46. The van der Waals surface area contributed by atoms with E-state index in [1.165, 1.54) is 23.1 Å². The van der Waals surface area contributed by atoms with Crippen LogP contribution in [0.2, 0.25) is 0 Å². The Bertz CT molecular complexity index is 1150. The van der Waals surface area contributed by atoms with E-state index < -0.39 is 35.5 Å². The smallest absolute Gasteiger partial charge is 0.357 e. The van der Waals surface area contributed by atoms with Crippen LogP contribution in [-0.2, 0) is 38.1 Å².